The summed E-state index contributed by atoms with van der Waals surface area (Å²) in [7, 11) is 0. The second kappa shape index (κ2) is 8.43. The van der Waals surface area contributed by atoms with Gasteiger partial charge in [-0.15, -0.1) is 0 Å². The van der Waals surface area contributed by atoms with Crippen molar-refractivity contribution in [1.82, 2.24) is 5.32 Å². The Morgan fingerprint density at radius 1 is 0.885 bits per heavy atom. The van der Waals surface area contributed by atoms with Crippen LogP contribution in [0.25, 0.3) is 0 Å². The Morgan fingerprint density at radius 2 is 1.46 bits per heavy atom. The van der Waals surface area contributed by atoms with Gasteiger partial charge in [-0.1, -0.05) is 60.6 Å². The van der Waals surface area contributed by atoms with Gasteiger partial charge in [0.2, 0.25) is 0 Å². The van der Waals surface area contributed by atoms with E-state index in [2.05, 4.69) is 41.7 Å². The maximum atomic E-state index is 11.7. The molecular formula is C21H24N2O3. The first kappa shape index (κ1) is 19.4. The van der Waals surface area contributed by atoms with Gasteiger partial charge in [0.05, 0.1) is 0 Å². The average molecular weight is 352 g/mol. The van der Waals surface area contributed by atoms with Crippen molar-refractivity contribution in [3.63, 3.8) is 0 Å². The standard InChI is InChI=1S/C13H14N2O3.C8H10/c1-13(2,3)18-15-10-8-6-4-5-7-9(8)11(16)14-12(10)17;1-2-8-6-4-3-5-7-8/h4-7H,1-3H3,(H,14,16,17);3-7H,2H2,1H3. The third kappa shape index (κ3) is 5.28. The lowest BCUT2D eigenvalue weighted by molar-refractivity contribution is -0.114. The highest BCUT2D eigenvalue weighted by molar-refractivity contribution is 6.51. The van der Waals surface area contributed by atoms with Crippen LogP contribution in [0.15, 0.2) is 59.8 Å². The lowest BCUT2D eigenvalue weighted by Crippen LogP contribution is -2.42. The van der Waals surface area contributed by atoms with Gasteiger partial charge in [0.15, 0.2) is 5.71 Å². The van der Waals surface area contributed by atoms with E-state index in [0.717, 1.165) is 6.42 Å². The summed E-state index contributed by atoms with van der Waals surface area (Å²) in [5, 5.41) is 6.10. The van der Waals surface area contributed by atoms with Crippen molar-refractivity contribution >= 4 is 17.5 Å². The number of hydrogen-bond acceptors (Lipinski definition) is 4. The van der Waals surface area contributed by atoms with E-state index in [9.17, 15) is 9.59 Å². The molecule has 2 aromatic rings. The summed E-state index contributed by atoms with van der Waals surface area (Å²) in [6.07, 6.45) is 1.14. The Labute approximate surface area is 154 Å². The predicted molar refractivity (Wildman–Crippen MR) is 102 cm³/mol. The number of rotatable bonds is 2. The smallest absolute Gasteiger partial charge is 0.280 e. The minimum absolute atomic E-state index is 0.125. The van der Waals surface area contributed by atoms with E-state index < -0.39 is 17.4 Å². The summed E-state index contributed by atoms with van der Waals surface area (Å²) in [5.41, 5.74) is 1.96. The first-order valence-electron chi connectivity index (χ1n) is 8.57. The van der Waals surface area contributed by atoms with E-state index >= 15 is 0 Å². The van der Waals surface area contributed by atoms with E-state index in [4.69, 9.17) is 4.84 Å². The van der Waals surface area contributed by atoms with Crippen molar-refractivity contribution in [1.29, 1.82) is 0 Å². The maximum Gasteiger partial charge on any atom is 0.280 e. The molecule has 5 heteroatoms. The highest BCUT2D eigenvalue weighted by atomic mass is 16.6. The molecular weight excluding hydrogens is 328 g/mol. The zero-order valence-corrected chi connectivity index (χ0v) is 15.6. The fraction of sp³-hybridized carbons (Fsp3) is 0.286. The molecule has 0 spiro atoms. The fourth-order valence-corrected chi connectivity index (χ4v) is 2.23. The molecule has 5 nitrogen and oxygen atoms in total. The third-order valence-electron chi connectivity index (χ3n) is 3.53. The van der Waals surface area contributed by atoms with Crippen molar-refractivity contribution in [3.05, 3.63) is 71.3 Å². The van der Waals surface area contributed by atoms with Crippen molar-refractivity contribution in [2.75, 3.05) is 0 Å². The molecule has 0 radical (unpaired) electrons. The molecule has 0 saturated heterocycles. The number of carbonyl (C=O) groups excluding carboxylic acids is 2. The molecule has 136 valence electrons. The van der Waals surface area contributed by atoms with Gasteiger partial charge in [-0.25, -0.2) is 0 Å². The molecule has 1 heterocycles. The molecule has 0 fully saturated rings. The molecule has 1 aliphatic rings. The van der Waals surface area contributed by atoms with E-state index in [-0.39, 0.29) is 5.71 Å². The minimum Gasteiger partial charge on any atom is -0.389 e. The lowest BCUT2D eigenvalue weighted by Gasteiger charge is -2.20. The normalized spacial score (nSPS) is 14.8. The fourth-order valence-electron chi connectivity index (χ4n) is 2.23. The van der Waals surface area contributed by atoms with Crippen molar-refractivity contribution in [2.24, 2.45) is 5.16 Å². The highest BCUT2D eigenvalue weighted by Gasteiger charge is 2.29. The lowest BCUT2D eigenvalue weighted by atomic mass is 9.98. The molecule has 0 bridgehead atoms. The number of aryl methyl sites for hydroxylation is 1. The van der Waals surface area contributed by atoms with Crippen LogP contribution in [0.1, 0.15) is 49.2 Å². The number of carbonyl (C=O) groups is 2. The number of benzene rings is 2. The summed E-state index contributed by atoms with van der Waals surface area (Å²) in [5.74, 6) is -0.951. The second-order valence-corrected chi connectivity index (χ2v) is 6.81. The van der Waals surface area contributed by atoms with Crippen LogP contribution >= 0.6 is 0 Å². The van der Waals surface area contributed by atoms with E-state index in [1.165, 1.54) is 5.56 Å². The van der Waals surface area contributed by atoms with Crippen LogP contribution in [0.2, 0.25) is 0 Å². The van der Waals surface area contributed by atoms with Crippen LogP contribution < -0.4 is 5.32 Å². The quantitative estimate of drug-likeness (QED) is 0.661. The van der Waals surface area contributed by atoms with E-state index in [0.29, 0.717) is 11.1 Å². The van der Waals surface area contributed by atoms with Crippen molar-refractivity contribution < 1.29 is 14.4 Å². The number of nitrogens with one attached hydrogen (secondary N) is 1. The Morgan fingerprint density at radius 3 is 2.00 bits per heavy atom. The summed E-state index contributed by atoms with van der Waals surface area (Å²) in [6.45, 7) is 7.65. The van der Waals surface area contributed by atoms with Gasteiger partial charge in [-0.05, 0) is 38.8 Å². The molecule has 0 unspecified atom stereocenters. The summed E-state index contributed by atoms with van der Waals surface area (Å²) in [4.78, 5) is 28.6. The number of amides is 2. The summed E-state index contributed by atoms with van der Waals surface area (Å²) < 4.78 is 0. The van der Waals surface area contributed by atoms with Crippen LogP contribution in [0.3, 0.4) is 0 Å². The van der Waals surface area contributed by atoms with Crippen LogP contribution in [0.5, 0.6) is 0 Å². The molecule has 0 aromatic heterocycles. The molecule has 1 aliphatic heterocycles. The first-order valence-corrected chi connectivity index (χ1v) is 8.57. The van der Waals surface area contributed by atoms with Gasteiger partial charge in [-0.2, -0.15) is 0 Å². The second-order valence-electron chi connectivity index (χ2n) is 6.81. The van der Waals surface area contributed by atoms with Gasteiger partial charge >= 0.3 is 0 Å². The Balaban J connectivity index is 0.000000254. The van der Waals surface area contributed by atoms with Crippen LogP contribution in [-0.4, -0.2) is 23.1 Å². The number of imide groups is 1. The summed E-state index contributed by atoms with van der Waals surface area (Å²) >= 11 is 0. The molecule has 2 amide bonds. The number of nitrogens with zero attached hydrogens (tertiary/aromatic N) is 1. The number of fused-ring (bicyclic) bond motifs is 1. The number of hydrogen-bond donors (Lipinski definition) is 1. The molecule has 0 atom stereocenters. The van der Waals surface area contributed by atoms with Gasteiger partial charge in [0.25, 0.3) is 11.8 Å². The predicted octanol–water partition coefficient (Wildman–Crippen LogP) is 3.72. The van der Waals surface area contributed by atoms with E-state index in [1.54, 1.807) is 24.3 Å². The molecule has 2 aromatic carbocycles. The zero-order valence-electron chi connectivity index (χ0n) is 15.6. The topological polar surface area (TPSA) is 67.8 Å². The van der Waals surface area contributed by atoms with Gasteiger partial charge in [0, 0.05) is 11.1 Å². The Bertz CT molecular complexity index is 806. The number of oxime groups is 1. The van der Waals surface area contributed by atoms with Crippen LogP contribution in [-0.2, 0) is 16.1 Å². The molecule has 3 rings (SSSR count). The SMILES string of the molecule is CC(C)(C)ON=C1C(=O)NC(=O)c2ccccc21.CCc1ccccc1. The molecule has 0 aliphatic carbocycles. The largest absolute Gasteiger partial charge is 0.389 e. The highest BCUT2D eigenvalue weighted by Crippen LogP contribution is 2.16. The van der Waals surface area contributed by atoms with E-state index in [1.807, 2.05) is 26.8 Å². The zero-order chi connectivity index (χ0) is 19.2. The van der Waals surface area contributed by atoms with Crippen LogP contribution in [0, 0.1) is 0 Å². The molecule has 0 saturated carbocycles. The maximum absolute atomic E-state index is 11.7. The van der Waals surface area contributed by atoms with Crippen molar-refractivity contribution in [3.8, 4) is 0 Å². The van der Waals surface area contributed by atoms with Gasteiger partial charge in [0.1, 0.15) is 5.60 Å². The third-order valence-corrected chi connectivity index (χ3v) is 3.53. The molecule has 26 heavy (non-hydrogen) atoms. The minimum atomic E-state index is -0.539. The first-order chi connectivity index (χ1) is 12.3. The van der Waals surface area contributed by atoms with Crippen molar-refractivity contribution in [2.45, 2.75) is 39.7 Å². The Kier molecular flexibility index (Phi) is 6.28. The van der Waals surface area contributed by atoms with Crippen LogP contribution in [0.4, 0.5) is 0 Å². The van der Waals surface area contributed by atoms with Gasteiger partial charge < -0.3 is 4.84 Å². The summed E-state index contributed by atoms with van der Waals surface area (Å²) in [6, 6.07) is 17.3. The average Bonchev–Trinajstić information content (AvgIpc) is 2.62. The molecule has 1 N–H and O–H groups in total. The monoisotopic (exact) mass is 352 g/mol. The Hall–Kier alpha value is -2.95. The van der Waals surface area contributed by atoms with Gasteiger partial charge in [-0.3, -0.25) is 14.9 Å².